The third-order valence-corrected chi connectivity index (χ3v) is 3.41. The van der Waals surface area contributed by atoms with Crippen LogP contribution in [0.3, 0.4) is 0 Å². The molecule has 0 aliphatic rings. The van der Waals surface area contributed by atoms with Crippen molar-refractivity contribution in [1.29, 1.82) is 0 Å². The fourth-order valence-electron chi connectivity index (χ4n) is 1.85. The van der Waals surface area contributed by atoms with Gasteiger partial charge in [-0.15, -0.1) is 0 Å². The van der Waals surface area contributed by atoms with Crippen molar-refractivity contribution >= 4 is 17.7 Å². The number of ether oxygens (including phenoxy) is 1. The monoisotopic (exact) mass is 484 g/mol. The summed E-state index contributed by atoms with van der Waals surface area (Å²) < 4.78 is 4.99. The van der Waals surface area contributed by atoms with Gasteiger partial charge in [-0.25, -0.2) is 4.79 Å². The number of hydrogen-bond acceptors (Lipinski definition) is 2. The molecule has 0 aromatic heterocycles. The van der Waals surface area contributed by atoms with Crippen LogP contribution in [0, 0.1) is 0 Å². The van der Waals surface area contributed by atoms with E-state index in [4.69, 9.17) is 16.3 Å². The maximum Gasteiger partial charge on any atom is 0.407 e. The summed E-state index contributed by atoms with van der Waals surface area (Å²) in [5, 5.41) is 3.46. The maximum atomic E-state index is 11.1. The summed E-state index contributed by atoms with van der Waals surface area (Å²) in [6.07, 6.45) is -0.371. The van der Waals surface area contributed by atoms with Crippen molar-refractivity contribution in [2.45, 2.75) is 68.5 Å². The Bertz CT molecular complexity index is 602. The molecule has 3 nitrogen and oxygen atoms in total. The van der Waals surface area contributed by atoms with Crippen LogP contribution in [0.2, 0.25) is 5.02 Å². The minimum atomic E-state index is -0.371. The normalized spacial score (nSPS) is 8.68. The van der Waals surface area contributed by atoms with Crippen molar-refractivity contribution in [2.24, 2.45) is 0 Å². The molecule has 0 heterocycles. The molecule has 0 saturated heterocycles. The summed E-state index contributed by atoms with van der Waals surface area (Å²) in [4.78, 5) is 11.1. The van der Waals surface area contributed by atoms with Crippen LogP contribution in [0.5, 0.6) is 0 Å². The molecular weight excluding hydrogens is 447 g/mol. The van der Waals surface area contributed by atoms with E-state index < -0.39 is 0 Å². The van der Waals surface area contributed by atoms with Gasteiger partial charge in [0.25, 0.3) is 0 Å². The van der Waals surface area contributed by atoms with Crippen molar-refractivity contribution < 1.29 is 42.2 Å². The SMILES string of the molecule is C.C.C.CC(C)NC(=O)OCc1ccccc1.CC(C)c1ccc(Cl)cc1.[Y]. The van der Waals surface area contributed by atoms with Crippen LogP contribution < -0.4 is 5.32 Å². The smallest absolute Gasteiger partial charge is 0.407 e. The summed E-state index contributed by atoms with van der Waals surface area (Å²) in [5.41, 5.74) is 2.33. The van der Waals surface area contributed by atoms with Crippen molar-refractivity contribution in [2.75, 3.05) is 0 Å². The van der Waals surface area contributed by atoms with Crippen LogP contribution in [0.4, 0.5) is 4.79 Å². The topological polar surface area (TPSA) is 38.3 Å². The largest absolute Gasteiger partial charge is 0.445 e. The zero-order chi connectivity index (χ0) is 17.9. The number of hydrogen-bond donors (Lipinski definition) is 1. The fraction of sp³-hybridized carbons (Fsp3) is 0.435. The van der Waals surface area contributed by atoms with E-state index in [2.05, 4.69) is 31.3 Å². The van der Waals surface area contributed by atoms with E-state index in [1.807, 2.05) is 56.3 Å². The van der Waals surface area contributed by atoms with Crippen molar-refractivity contribution in [3.05, 3.63) is 70.7 Å². The number of nitrogens with one attached hydrogen (secondary N) is 1. The first-order valence-electron chi connectivity index (χ1n) is 8.11. The molecule has 1 amide bonds. The number of benzene rings is 2. The van der Waals surface area contributed by atoms with E-state index in [1.165, 1.54) is 5.56 Å². The molecule has 0 atom stereocenters. The second-order valence-corrected chi connectivity index (χ2v) is 6.50. The van der Waals surface area contributed by atoms with Gasteiger partial charge in [0.15, 0.2) is 0 Å². The van der Waals surface area contributed by atoms with Crippen molar-refractivity contribution in [3.8, 4) is 0 Å². The molecule has 5 heteroatoms. The molecule has 28 heavy (non-hydrogen) atoms. The molecule has 0 bridgehead atoms. The second-order valence-electron chi connectivity index (χ2n) is 6.07. The van der Waals surface area contributed by atoms with Crippen LogP contribution in [-0.2, 0) is 44.1 Å². The Morgan fingerprint density at radius 2 is 1.43 bits per heavy atom. The van der Waals surface area contributed by atoms with Crippen LogP contribution in [-0.4, -0.2) is 12.1 Å². The maximum absolute atomic E-state index is 11.1. The Morgan fingerprint density at radius 3 is 1.86 bits per heavy atom. The Morgan fingerprint density at radius 1 is 0.929 bits per heavy atom. The van der Waals surface area contributed by atoms with E-state index in [0.29, 0.717) is 12.5 Å². The zero-order valence-corrected chi connectivity index (χ0v) is 18.9. The Kier molecular flexibility index (Phi) is 24.0. The van der Waals surface area contributed by atoms with Gasteiger partial charge in [0.2, 0.25) is 0 Å². The quantitative estimate of drug-likeness (QED) is 0.483. The molecule has 0 fully saturated rings. The minimum Gasteiger partial charge on any atom is -0.445 e. The molecule has 2 aromatic rings. The van der Waals surface area contributed by atoms with Crippen molar-refractivity contribution in [1.82, 2.24) is 5.32 Å². The fourth-order valence-corrected chi connectivity index (χ4v) is 1.97. The van der Waals surface area contributed by atoms with Gasteiger partial charge in [-0.3, -0.25) is 0 Å². The van der Waals surface area contributed by atoms with Gasteiger partial charge >= 0.3 is 6.09 Å². The van der Waals surface area contributed by atoms with Crippen LogP contribution in [0.1, 0.15) is 67.0 Å². The molecule has 1 N–H and O–H groups in total. The molecule has 0 aliphatic heterocycles. The molecule has 157 valence electrons. The first kappa shape index (κ1) is 34.6. The van der Waals surface area contributed by atoms with Crippen LogP contribution in [0.15, 0.2) is 54.6 Å². The van der Waals surface area contributed by atoms with Crippen molar-refractivity contribution in [3.63, 3.8) is 0 Å². The molecule has 2 rings (SSSR count). The Hall–Kier alpha value is -0.896. The number of alkyl carbamates (subject to hydrolysis) is 1. The summed E-state index contributed by atoms with van der Waals surface area (Å²) in [6, 6.07) is 17.7. The summed E-state index contributed by atoms with van der Waals surface area (Å²) in [6.45, 7) is 8.44. The average Bonchev–Trinajstić information content (AvgIpc) is 2.54. The molecule has 0 unspecified atom stereocenters. The summed E-state index contributed by atoms with van der Waals surface area (Å²) in [7, 11) is 0. The second kappa shape index (κ2) is 19.4. The van der Waals surface area contributed by atoms with E-state index in [0.717, 1.165) is 10.6 Å². The van der Waals surface area contributed by atoms with E-state index in [-0.39, 0.29) is 67.1 Å². The Labute approximate surface area is 203 Å². The summed E-state index contributed by atoms with van der Waals surface area (Å²) >= 11 is 5.72. The van der Waals surface area contributed by atoms with Gasteiger partial charge in [-0.1, -0.05) is 90.2 Å². The van der Waals surface area contributed by atoms with Gasteiger partial charge in [0, 0.05) is 43.8 Å². The summed E-state index contributed by atoms with van der Waals surface area (Å²) in [5.74, 6) is 0.595. The number of amides is 1. The van der Waals surface area contributed by atoms with E-state index >= 15 is 0 Å². The van der Waals surface area contributed by atoms with Crippen LogP contribution >= 0.6 is 11.6 Å². The van der Waals surface area contributed by atoms with E-state index in [1.54, 1.807) is 0 Å². The third kappa shape index (κ3) is 16.1. The Balaban J connectivity index is -0.000000187. The van der Waals surface area contributed by atoms with Crippen LogP contribution in [0.25, 0.3) is 0 Å². The predicted molar refractivity (Wildman–Crippen MR) is 121 cm³/mol. The number of rotatable bonds is 4. The van der Waals surface area contributed by atoms with Gasteiger partial charge < -0.3 is 10.1 Å². The number of halogens is 1. The predicted octanol–water partition coefficient (Wildman–Crippen LogP) is 7.69. The minimum absolute atomic E-state index is 0. The average molecular weight is 485 g/mol. The van der Waals surface area contributed by atoms with E-state index in [9.17, 15) is 4.79 Å². The molecule has 1 radical (unpaired) electrons. The third-order valence-electron chi connectivity index (χ3n) is 3.16. The molecule has 0 aliphatic carbocycles. The zero-order valence-electron chi connectivity index (χ0n) is 15.3. The molecule has 0 spiro atoms. The number of carbonyl (C=O) groups is 1. The molecule has 2 aromatic carbocycles. The first-order valence-corrected chi connectivity index (χ1v) is 8.49. The van der Waals surface area contributed by atoms with Gasteiger partial charge in [-0.2, -0.15) is 0 Å². The molecule has 0 saturated carbocycles. The van der Waals surface area contributed by atoms with Gasteiger partial charge in [0.05, 0.1) is 0 Å². The van der Waals surface area contributed by atoms with Gasteiger partial charge in [-0.05, 0) is 43.0 Å². The molecular formula is C23H38ClNO2Y. The number of carbonyl (C=O) groups excluding carboxylic acids is 1. The standard InChI is InChI=1S/C11H15NO2.C9H11Cl.3CH4.Y/c1-9(2)12-11(13)14-8-10-6-4-3-5-7-10;1-7(2)8-3-5-9(10)6-4-8;;;;/h3-7,9H,8H2,1-2H3,(H,12,13);3-7H,1-2H3;3*1H4;. The van der Waals surface area contributed by atoms with Gasteiger partial charge in [0.1, 0.15) is 6.61 Å². The first-order chi connectivity index (χ1) is 11.4.